The van der Waals surface area contributed by atoms with Crippen molar-refractivity contribution in [3.05, 3.63) is 29.3 Å². The predicted octanol–water partition coefficient (Wildman–Crippen LogP) is 4.15. The van der Waals surface area contributed by atoms with Gasteiger partial charge in [-0.25, -0.2) is 0 Å². The molecule has 0 aliphatic carbocycles. The summed E-state index contributed by atoms with van der Waals surface area (Å²) in [4.78, 5) is -0.279. The minimum Gasteiger partial charge on any atom is -0.494 e. The van der Waals surface area contributed by atoms with E-state index >= 15 is 0 Å². The summed E-state index contributed by atoms with van der Waals surface area (Å²) in [5.41, 5.74) is 4.32. The molecule has 20 heavy (non-hydrogen) atoms. The number of nitrogens with two attached hydrogens (primary N) is 1. The molecule has 0 saturated carbocycles. The van der Waals surface area contributed by atoms with Crippen LogP contribution in [0.3, 0.4) is 0 Å². The van der Waals surface area contributed by atoms with Gasteiger partial charge in [0.1, 0.15) is 10.7 Å². The molecule has 0 fully saturated rings. The van der Waals surface area contributed by atoms with Crippen LogP contribution < -0.4 is 10.5 Å². The molecular weight excluding hydrogens is 287 g/mol. The number of hydrogen-bond acceptors (Lipinski definition) is 2. The SMILES string of the molecule is CC(C)(C)CCOc1ccc(C(N)=S)c(C(F)(F)F)c1. The van der Waals surface area contributed by atoms with E-state index in [1.807, 2.05) is 20.8 Å². The third-order valence-corrected chi connectivity index (χ3v) is 2.90. The Bertz CT molecular complexity index is 492. The van der Waals surface area contributed by atoms with E-state index in [-0.39, 0.29) is 21.7 Å². The molecule has 1 aromatic carbocycles. The maximum absolute atomic E-state index is 12.9. The van der Waals surface area contributed by atoms with Crippen LogP contribution in [0.5, 0.6) is 5.75 Å². The second-order valence-corrected chi connectivity index (χ2v) is 6.17. The van der Waals surface area contributed by atoms with E-state index in [4.69, 9.17) is 10.5 Å². The largest absolute Gasteiger partial charge is 0.494 e. The summed E-state index contributed by atoms with van der Waals surface area (Å²) in [6, 6.07) is 3.64. The van der Waals surface area contributed by atoms with Gasteiger partial charge >= 0.3 is 6.18 Å². The number of alkyl halides is 3. The first-order valence-corrected chi connectivity index (χ1v) is 6.55. The molecule has 2 N–H and O–H groups in total. The van der Waals surface area contributed by atoms with E-state index in [1.54, 1.807) is 0 Å². The average Bonchev–Trinajstić information content (AvgIpc) is 2.25. The van der Waals surface area contributed by atoms with Gasteiger partial charge in [-0.15, -0.1) is 0 Å². The van der Waals surface area contributed by atoms with Crippen LogP contribution in [0.15, 0.2) is 18.2 Å². The molecule has 0 saturated heterocycles. The normalized spacial score (nSPS) is 12.3. The second-order valence-electron chi connectivity index (χ2n) is 5.73. The number of hydrogen-bond donors (Lipinski definition) is 1. The van der Waals surface area contributed by atoms with Crippen molar-refractivity contribution in [2.45, 2.75) is 33.4 Å². The lowest BCUT2D eigenvalue weighted by Crippen LogP contribution is -2.18. The molecule has 6 heteroatoms. The summed E-state index contributed by atoms with van der Waals surface area (Å²) in [5, 5.41) is 0. The molecule has 0 aliphatic rings. The summed E-state index contributed by atoms with van der Waals surface area (Å²) in [6.07, 6.45) is -3.77. The second kappa shape index (κ2) is 5.99. The molecular formula is C14H18F3NOS. The molecule has 0 bridgehead atoms. The van der Waals surface area contributed by atoms with Crippen molar-refractivity contribution in [2.75, 3.05) is 6.61 Å². The zero-order valence-corrected chi connectivity index (χ0v) is 12.5. The van der Waals surface area contributed by atoms with Gasteiger partial charge in [-0.3, -0.25) is 0 Å². The third-order valence-electron chi connectivity index (χ3n) is 2.68. The minimum absolute atomic E-state index is 0.0611. The Labute approximate surface area is 122 Å². The van der Waals surface area contributed by atoms with E-state index in [1.165, 1.54) is 12.1 Å². The molecule has 0 spiro atoms. The lowest BCUT2D eigenvalue weighted by atomic mass is 9.93. The van der Waals surface area contributed by atoms with Gasteiger partial charge in [-0.05, 0) is 30.0 Å². The van der Waals surface area contributed by atoms with Crippen molar-refractivity contribution in [1.29, 1.82) is 0 Å². The van der Waals surface area contributed by atoms with Crippen molar-refractivity contribution in [3.8, 4) is 5.75 Å². The monoisotopic (exact) mass is 305 g/mol. The maximum Gasteiger partial charge on any atom is 0.417 e. The van der Waals surface area contributed by atoms with Crippen LogP contribution in [0.2, 0.25) is 0 Å². The number of halogens is 3. The molecule has 0 aromatic heterocycles. The average molecular weight is 305 g/mol. The van der Waals surface area contributed by atoms with Crippen molar-refractivity contribution in [1.82, 2.24) is 0 Å². The Morgan fingerprint density at radius 2 is 1.85 bits per heavy atom. The minimum atomic E-state index is -4.51. The van der Waals surface area contributed by atoms with Gasteiger partial charge in [0, 0.05) is 5.56 Å². The number of rotatable bonds is 4. The van der Waals surface area contributed by atoms with Gasteiger partial charge in [0.05, 0.1) is 12.2 Å². The van der Waals surface area contributed by atoms with Crippen LogP contribution in [0.4, 0.5) is 13.2 Å². The Balaban J connectivity index is 2.93. The fourth-order valence-electron chi connectivity index (χ4n) is 1.54. The first-order valence-electron chi connectivity index (χ1n) is 6.14. The van der Waals surface area contributed by atoms with E-state index in [9.17, 15) is 13.2 Å². The van der Waals surface area contributed by atoms with Crippen LogP contribution in [-0.2, 0) is 6.18 Å². The first kappa shape index (κ1) is 16.8. The van der Waals surface area contributed by atoms with Gasteiger partial charge in [-0.1, -0.05) is 33.0 Å². The zero-order chi connectivity index (χ0) is 15.6. The Hall–Kier alpha value is -1.30. The van der Waals surface area contributed by atoms with Gasteiger partial charge in [0.25, 0.3) is 0 Å². The van der Waals surface area contributed by atoms with Gasteiger partial charge < -0.3 is 10.5 Å². The summed E-state index contributed by atoms with van der Waals surface area (Å²) in [7, 11) is 0. The molecule has 0 heterocycles. The zero-order valence-electron chi connectivity index (χ0n) is 11.7. The highest BCUT2D eigenvalue weighted by atomic mass is 32.1. The quantitative estimate of drug-likeness (QED) is 0.849. The molecule has 0 unspecified atom stereocenters. The van der Waals surface area contributed by atoms with Crippen molar-refractivity contribution in [3.63, 3.8) is 0 Å². The highest BCUT2D eigenvalue weighted by molar-refractivity contribution is 7.80. The predicted molar refractivity (Wildman–Crippen MR) is 76.9 cm³/mol. The summed E-state index contributed by atoms with van der Waals surface area (Å²) in [5.74, 6) is 0.168. The topological polar surface area (TPSA) is 35.2 Å². The van der Waals surface area contributed by atoms with Crippen LogP contribution in [0.25, 0.3) is 0 Å². The molecule has 0 atom stereocenters. The molecule has 1 aromatic rings. The smallest absolute Gasteiger partial charge is 0.417 e. The molecule has 1 rings (SSSR count). The third kappa shape index (κ3) is 5.00. The van der Waals surface area contributed by atoms with Crippen molar-refractivity contribution >= 4 is 17.2 Å². The lowest BCUT2D eigenvalue weighted by Gasteiger charge is -2.19. The van der Waals surface area contributed by atoms with Gasteiger partial charge in [0.15, 0.2) is 0 Å². The van der Waals surface area contributed by atoms with E-state index < -0.39 is 11.7 Å². The summed E-state index contributed by atoms with van der Waals surface area (Å²) >= 11 is 4.63. The van der Waals surface area contributed by atoms with Crippen LogP contribution >= 0.6 is 12.2 Å². The fraction of sp³-hybridized carbons (Fsp3) is 0.500. The van der Waals surface area contributed by atoms with Crippen molar-refractivity contribution < 1.29 is 17.9 Å². The van der Waals surface area contributed by atoms with E-state index in [0.717, 1.165) is 12.5 Å². The molecule has 112 valence electrons. The van der Waals surface area contributed by atoms with Crippen molar-refractivity contribution in [2.24, 2.45) is 11.1 Å². The maximum atomic E-state index is 12.9. The summed E-state index contributed by atoms with van der Waals surface area (Å²) < 4.78 is 44.2. The molecule has 2 nitrogen and oxygen atoms in total. The fourth-order valence-corrected chi connectivity index (χ4v) is 1.72. The Morgan fingerprint density at radius 3 is 2.30 bits per heavy atom. The highest BCUT2D eigenvalue weighted by Gasteiger charge is 2.34. The molecule has 0 amide bonds. The van der Waals surface area contributed by atoms with Crippen LogP contribution in [-0.4, -0.2) is 11.6 Å². The first-order chi connectivity index (χ1) is 9.00. The Morgan fingerprint density at radius 1 is 1.25 bits per heavy atom. The number of ether oxygens (including phenoxy) is 1. The molecule has 0 aliphatic heterocycles. The van der Waals surface area contributed by atoms with E-state index in [2.05, 4.69) is 12.2 Å². The van der Waals surface area contributed by atoms with Crippen LogP contribution in [0.1, 0.15) is 38.3 Å². The highest BCUT2D eigenvalue weighted by Crippen LogP contribution is 2.34. The number of benzene rings is 1. The molecule has 0 radical (unpaired) electrons. The van der Waals surface area contributed by atoms with Gasteiger partial charge in [0.2, 0.25) is 0 Å². The lowest BCUT2D eigenvalue weighted by molar-refractivity contribution is -0.137. The summed E-state index contributed by atoms with van der Waals surface area (Å²) in [6.45, 7) is 6.46. The number of thiocarbonyl (C=S) groups is 1. The standard InChI is InChI=1S/C14H18F3NOS/c1-13(2,3)6-7-19-9-4-5-10(12(18)20)11(8-9)14(15,16)17/h4-5,8H,6-7H2,1-3H3,(H2,18,20). The van der Waals surface area contributed by atoms with Gasteiger partial charge in [-0.2, -0.15) is 13.2 Å². The van der Waals surface area contributed by atoms with E-state index in [0.29, 0.717) is 6.61 Å². The Kier molecular flexibility index (Phi) is 5.02. The van der Waals surface area contributed by atoms with Crippen LogP contribution in [0, 0.1) is 5.41 Å².